The lowest BCUT2D eigenvalue weighted by atomic mass is 9.95. The summed E-state index contributed by atoms with van der Waals surface area (Å²) in [6.45, 7) is 9.53. The standard InChI is InChI=1S/C22H30N6O4S/c1-4-32-20(30)16-9-24-18(19-23-5-8-33-19)25-17(16)12-26-6-7-28-15(10-26)11-27(21(28)31)13-22(2,3)14-29/h5,8,14-15H,4,6-7,9-13H2,1-3H3,(H,24,25). The van der Waals surface area contributed by atoms with Crippen LogP contribution in [0.3, 0.4) is 0 Å². The van der Waals surface area contributed by atoms with Crippen LogP contribution in [0.15, 0.2) is 27.8 Å². The van der Waals surface area contributed by atoms with Gasteiger partial charge in [-0.25, -0.2) is 14.6 Å². The zero-order chi connectivity index (χ0) is 23.6. The number of nitrogens with one attached hydrogen (secondary N) is 1. The maximum atomic E-state index is 12.8. The first-order valence-electron chi connectivity index (χ1n) is 11.2. The third-order valence-corrected chi connectivity index (χ3v) is 6.78. The second kappa shape index (κ2) is 9.60. The summed E-state index contributed by atoms with van der Waals surface area (Å²) in [6, 6.07) is 0.0472. The van der Waals surface area contributed by atoms with Gasteiger partial charge in [0.2, 0.25) is 0 Å². The van der Waals surface area contributed by atoms with Crippen molar-refractivity contribution < 1.29 is 19.1 Å². The number of hydrogen-bond acceptors (Lipinski definition) is 9. The number of piperazine rings is 1. The number of aliphatic imine (C=N–C) groups is 1. The van der Waals surface area contributed by atoms with Crippen molar-refractivity contribution in [2.45, 2.75) is 26.8 Å². The van der Waals surface area contributed by atoms with Crippen LogP contribution in [0.1, 0.15) is 25.8 Å². The molecular formula is C22H30N6O4S. The summed E-state index contributed by atoms with van der Waals surface area (Å²) in [6.07, 6.45) is 2.63. The van der Waals surface area contributed by atoms with Gasteiger partial charge in [0, 0.05) is 62.0 Å². The van der Waals surface area contributed by atoms with Crippen LogP contribution in [-0.4, -0.2) is 102 Å². The van der Waals surface area contributed by atoms with E-state index in [1.807, 2.05) is 24.1 Å². The summed E-state index contributed by atoms with van der Waals surface area (Å²) in [4.78, 5) is 51.5. The maximum Gasteiger partial charge on any atom is 0.337 e. The second-order valence-corrected chi connectivity index (χ2v) is 10.1. The zero-order valence-corrected chi connectivity index (χ0v) is 20.1. The van der Waals surface area contributed by atoms with E-state index in [1.165, 1.54) is 11.3 Å². The Bertz CT molecular complexity index is 974. The molecule has 1 unspecified atom stereocenters. The van der Waals surface area contributed by atoms with Gasteiger partial charge in [0.25, 0.3) is 0 Å². The molecule has 10 nitrogen and oxygen atoms in total. The van der Waals surface area contributed by atoms with Gasteiger partial charge >= 0.3 is 12.0 Å². The number of amidine groups is 1. The van der Waals surface area contributed by atoms with Gasteiger partial charge in [0.15, 0.2) is 10.8 Å². The Balaban J connectivity index is 1.46. The van der Waals surface area contributed by atoms with Gasteiger partial charge < -0.3 is 24.6 Å². The van der Waals surface area contributed by atoms with Gasteiger partial charge in [-0.1, -0.05) is 13.8 Å². The largest absolute Gasteiger partial charge is 0.463 e. The molecule has 0 spiro atoms. The molecule has 2 saturated heterocycles. The average Bonchev–Trinajstić information content (AvgIpc) is 3.42. The van der Waals surface area contributed by atoms with E-state index in [0.717, 1.165) is 17.0 Å². The molecule has 0 aliphatic carbocycles. The van der Waals surface area contributed by atoms with E-state index in [9.17, 15) is 14.4 Å². The fourth-order valence-corrected chi connectivity index (χ4v) is 4.98. The lowest BCUT2D eigenvalue weighted by Crippen LogP contribution is -2.53. The van der Waals surface area contributed by atoms with E-state index < -0.39 is 5.41 Å². The molecule has 4 rings (SSSR count). The van der Waals surface area contributed by atoms with Crippen molar-refractivity contribution in [3.8, 4) is 0 Å². The van der Waals surface area contributed by atoms with Crippen molar-refractivity contribution in [3.05, 3.63) is 27.9 Å². The normalized spacial score (nSPS) is 21.6. The highest BCUT2D eigenvalue weighted by Gasteiger charge is 2.42. The number of aldehydes is 1. The Morgan fingerprint density at radius 3 is 2.88 bits per heavy atom. The van der Waals surface area contributed by atoms with E-state index in [4.69, 9.17) is 4.74 Å². The van der Waals surface area contributed by atoms with Crippen molar-refractivity contribution in [2.75, 3.05) is 52.4 Å². The van der Waals surface area contributed by atoms with Crippen molar-refractivity contribution in [3.63, 3.8) is 0 Å². The first-order valence-corrected chi connectivity index (χ1v) is 12.0. The fraction of sp³-hybridized carbons (Fsp3) is 0.591. The molecule has 4 heterocycles. The number of amides is 2. The Morgan fingerprint density at radius 2 is 2.18 bits per heavy atom. The van der Waals surface area contributed by atoms with Crippen LogP contribution < -0.4 is 5.32 Å². The van der Waals surface area contributed by atoms with Gasteiger partial charge in [-0.15, -0.1) is 11.3 Å². The molecule has 1 aromatic heterocycles. The van der Waals surface area contributed by atoms with Crippen molar-refractivity contribution >= 4 is 35.5 Å². The molecular weight excluding hydrogens is 444 g/mol. The molecule has 2 amide bonds. The van der Waals surface area contributed by atoms with Crippen molar-refractivity contribution in [2.24, 2.45) is 10.4 Å². The summed E-state index contributed by atoms with van der Waals surface area (Å²) in [5.74, 6) is 0.295. The van der Waals surface area contributed by atoms with E-state index in [0.29, 0.717) is 57.3 Å². The number of urea groups is 1. The van der Waals surface area contributed by atoms with Gasteiger partial charge in [-0.3, -0.25) is 9.89 Å². The average molecular weight is 475 g/mol. The van der Waals surface area contributed by atoms with Gasteiger partial charge in [0.1, 0.15) is 6.29 Å². The highest BCUT2D eigenvalue weighted by atomic mass is 32.1. The van der Waals surface area contributed by atoms with Crippen LogP contribution in [0.5, 0.6) is 0 Å². The number of nitrogens with zero attached hydrogens (tertiary/aromatic N) is 5. The highest BCUT2D eigenvalue weighted by molar-refractivity contribution is 7.11. The SMILES string of the molecule is CCOC(=O)C1=C(CN2CCN3C(=O)N(CC(C)(C)C=O)CC3C2)NC(c2nccs2)=NC1. The molecule has 1 aromatic rings. The number of carbonyl (C=O) groups is 3. The van der Waals surface area contributed by atoms with Crippen LogP contribution in [0, 0.1) is 5.41 Å². The molecule has 0 saturated carbocycles. The number of hydrogen-bond donors (Lipinski definition) is 1. The molecule has 1 atom stereocenters. The molecule has 33 heavy (non-hydrogen) atoms. The first kappa shape index (κ1) is 23.4. The quantitative estimate of drug-likeness (QED) is 0.442. The van der Waals surface area contributed by atoms with Gasteiger partial charge in [-0.2, -0.15) is 0 Å². The summed E-state index contributed by atoms with van der Waals surface area (Å²) < 4.78 is 5.26. The minimum absolute atomic E-state index is 0.00464. The number of esters is 1. The van der Waals surface area contributed by atoms with Crippen LogP contribution in [-0.2, 0) is 14.3 Å². The topological polar surface area (TPSA) is 107 Å². The van der Waals surface area contributed by atoms with Gasteiger partial charge in [-0.05, 0) is 6.92 Å². The fourth-order valence-electron chi connectivity index (χ4n) is 4.38. The molecule has 0 bridgehead atoms. The number of fused-ring (bicyclic) bond motifs is 1. The summed E-state index contributed by atoms with van der Waals surface area (Å²) in [5.41, 5.74) is 0.725. The predicted molar refractivity (Wildman–Crippen MR) is 124 cm³/mol. The predicted octanol–water partition coefficient (Wildman–Crippen LogP) is 0.957. The van der Waals surface area contributed by atoms with Crippen molar-refractivity contribution in [1.29, 1.82) is 0 Å². The lowest BCUT2D eigenvalue weighted by molar-refractivity contribution is -0.138. The molecule has 1 N–H and O–H groups in total. The number of ether oxygens (including phenoxy) is 1. The molecule has 178 valence electrons. The molecule has 0 aromatic carbocycles. The van der Waals surface area contributed by atoms with Crippen LogP contribution in [0.4, 0.5) is 4.79 Å². The van der Waals surface area contributed by atoms with Crippen LogP contribution in [0.2, 0.25) is 0 Å². The summed E-state index contributed by atoms with van der Waals surface area (Å²) >= 11 is 1.49. The van der Waals surface area contributed by atoms with Gasteiger partial charge in [0.05, 0.1) is 24.8 Å². The zero-order valence-electron chi connectivity index (χ0n) is 19.2. The number of rotatable bonds is 8. The lowest BCUT2D eigenvalue weighted by Gasteiger charge is -2.37. The van der Waals surface area contributed by atoms with Crippen molar-refractivity contribution in [1.82, 2.24) is 25.0 Å². The summed E-state index contributed by atoms with van der Waals surface area (Å²) in [5, 5.41) is 5.97. The molecule has 0 radical (unpaired) electrons. The number of thiazole rings is 1. The Morgan fingerprint density at radius 1 is 1.36 bits per heavy atom. The second-order valence-electron chi connectivity index (χ2n) is 9.16. The third-order valence-electron chi connectivity index (χ3n) is 6.00. The molecule has 2 fully saturated rings. The summed E-state index contributed by atoms with van der Waals surface area (Å²) in [7, 11) is 0. The Labute approximate surface area is 197 Å². The molecule has 11 heteroatoms. The smallest absolute Gasteiger partial charge is 0.337 e. The minimum atomic E-state index is -0.569. The minimum Gasteiger partial charge on any atom is -0.463 e. The van der Waals surface area contributed by atoms with E-state index in [-0.39, 0.29) is 24.6 Å². The van der Waals surface area contributed by atoms with E-state index in [1.54, 1.807) is 18.0 Å². The first-order chi connectivity index (χ1) is 15.8. The molecule has 3 aliphatic heterocycles. The van der Waals surface area contributed by atoms with Crippen LogP contribution in [0.25, 0.3) is 0 Å². The third kappa shape index (κ3) is 5.09. The number of aromatic nitrogens is 1. The maximum absolute atomic E-state index is 12.8. The monoisotopic (exact) mass is 474 g/mol. The van der Waals surface area contributed by atoms with E-state index >= 15 is 0 Å². The Hall–Kier alpha value is -2.79. The molecule has 3 aliphatic rings. The Kier molecular flexibility index (Phi) is 6.80. The van der Waals surface area contributed by atoms with E-state index in [2.05, 4.69) is 20.2 Å². The van der Waals surface area contributed by atoms with Crippen LogP contribution >= 0.6 is 11.3 Å². The number of carbonyl (C=O) groups excluding carboxylic acids is 3. The highest BCUT2D eigenvalue weighted by Crippen LogP contribution is 2.25.